The van der Waals surface area contributed by atoms with Crippen LogP contribution in [-0.2, 0) is 15.1 Å². The van der Waals surface area contributed by atoms with Gasteiger partial charge in [0.05, 0.1) is 25.4 Å². The van der Waals surface area contributed by atoms with E-state index in [1.54, 1.807) is 13.3 Å². The smallest absolute Gasteiger partial charge is 0.219 e. The van der Waals surface area contributed by atoms with Crippen molar-refractivity contribution in [1.82, 2.24) is 4.98 Å². The van der Waals surface area contributed by atoms with Gasteiger partial charge >= 0.3 is 0 Å². The molecule has 1 N–H and O–H groups in total. The van der Waals surface area contributed by atoms with E-state index in [4.69, 9.17) is 19.3 Å². The Morgan fingerprint density at radius 1 is 1.59 bits per heavy atom. The molecule has 0 atom stereocenters. The molecule has 1 aromatic heterocycles. The molecule has 94 valence electrons. The van der Waals surface area contributed by atoms with Gasteiger partial charge in [0.1, 0.15) is 12.2 Å². The molecular weight excluding hydrogens is 290 g/mol. The lowest BCUT2D eigenvalue weighted by Gasteiger charge is -2.40. The van der Waals surface area contributed by atoms with Crippen molar-refractivity contribution in [2.75, 3.05) is 33.5 Å². The van der Waals surface area contributed by atoms with Gasteiger partial charge in [-0.15, -0.1) is 0 Å². The quantitative estimate of drug-likeness (QED) is 0.882. The fourth-order valence-corrected chi connectivity index (χ4v) is 2.01. The van der Waals surface area contributed by atoms with Gasteiger partial charge in [0, 0.05) is 17.8 Å². The van der Waals surface area contributed by atoms with Crippen molar-refractivity contribution < 1.29 is 19.3 Å². The van der Waals surface area contributed by atoms with Crippen LogP contribution in [0.25, 0.3) is 0 Å². The molecular formula is C11H14BrNO4. The fourth-order valence-electron chi connectivity index (χ4n) is 1.68. The topological polar surface area (TPSA) is 60.8 Å². The van der Waals surface area contributed by atoms with Crippen molar-refractivity contribution >= 4 is 15.9 Å². The molecule has 1 aromatic rings. The van der Waals surface area contributed by atoms with Crippen molar-refractivity contribution in [3.05, 3.63) is 22.3 Å². The van der Waals surface area contributed by atoms with E-state index in [-0.39, 0.29) is 13.2 Å². The monoisotopic (exact) mass is 303 g/mol. The van der Waals surface area contributed by atoms with Crippen LogP contribution in [0.1, 0.15) is 5.56 Å². The molecule has 6 heteroatoms. The summed E-state index contributed by atoms with van der Waals surface area (Å²) >= 11 is 3.38. The normalized spacial score (nSPS) is 17.6. The molecule has 1 fully saturated rings. The summed E-state index contributed by atoms with van der Waals surface area (Å²) in [4.78, 5) is 4.20. The lowest BCUT2D eigenvalue weighted by molar-refractivity contribution is -0.203. The van der Waals surface area contributed by atoms with E-state index in [9.17, 15) is 0 Å². The van der Waals surface area contributed by atoms with E-state index in [2.05, 4.69) is 20.9 Å². The number of methoxy groups -OCH3 is 1. The highest BCUT2D eigenvalue weighted by Crippen LogP contribution is 2.38. The van der Waals surface area contributed by atoms with Crippen LogP contribution in [0, 0.1) is 0 Å². The van der Waals surface area contributed by atoms with Crippen LogP contribution >= 0.6 is 15.9 Å². The van der Waals surface area contributed by atoms with E-state index in [1.165, 1.54) is 0 Å². The number of aliphatic hydroxyl groups excluding tert-OH is 1. The molecule has 17 heavy (non-hydrogen) atoms. The standard InChI is InChI=1S/C11H14BrNO4/c1-15-11(6-16-7-11)9-4-8(12)5-13-10(9)17-3-2-14/h4-5,14H,2-3,6-7H2,1H3. The fraction of sp³-hybridized carbons (Fsp3) is 0.545. The third-order valence-electron chi connectivity index (χ3n) is 2.70. The van der Waals surface area contributed by atoms with Gasteiger partial charge in [-0.1, -0.05) is 0 Å². The van der Waals surface area contributed by atoms with Crippen molar-refractivity contribution in [2.45, 2.75) is 5.60 Å². The van der Waals surface area contributed by atoms with Gasteiger partial charge in [-0.25, -0.2) is 4.98 Å². The van der Waals surface area contributed by atoms with E-state index in [0.29, 0.717) is 19.1 Å². The van der Waals surface area contributed by atoms with Crippen LogP contribution < -0.4 is 4.74 Å². The third kappa shape index (κ3) is 2.44. The van der Waals surface area contributed by atoms with E-state index < -0.39 is 5.60 Å². The Hall–Kier alpha value is -0.690. The SMILES string of the molecule is COC1(c2cc(Br)cnc2OCCO)COC1. The minimum absolute atomic E-state index is 0.0480. The van der Waals surface area contributed by atoms with Crippen LogP contribution in [0.4, 0.5) is 0 Å². The summed E-state index contributed by atoms with van der Waals surface area (Å²) in [5, 5.41) is 8.79. The summed E-state index contributed by atoms with van der Waals surface area (Å²) in [6.07, 6.45) is 1.65. The molecule has 1 aliphatic heterocycles. The molecule has 0 saturated carbocycles. The number of pyridine rings is 1. The molecule has 0 bridgehead atoms. The molecule has 0 spiro atoms. The molecule has 2 heterocycles. The van der Waals surface area contributed by atoms with Crippen molar-refractivity contribution in [3.8, 4) is 5.88 Å². The van der Waals surface area contributed by atoms with E-state index >= 15 is 0 Å². The average molecular weight is 304 g/mol. The molecule has 5 nitrogen and oxygen atoms in total. The minimum atomic E-state index is -0.485. The van der Waals surface area contributed by atoms with Gasteiger partial charge in [-0.2, -0.15) is 0 Å². The number of hydrogen-bond acceptors (Lipinski definition) is 5. The van der Waals surface area contributed by atoms with Crippen molar-refractivity contribution in [3.63, 3.8) is 0 Å². The van der Waals surface area contributed by atoms with Gasteiger partial charge in [0.25, 0.3) is 0 Å². The Kier molecular flexibility index (Phi) is 3.98. The first kappa shape index (κ1) is 12.8. The van der Waals surface area contributed by atoms with E-state index in [1.807, 2.05) is 6.07 Å². The molecule has 1 saturated heterocycles. The number of aromatic nitrogens is 1. The second-order valence-corrected chi connectivity index (χ2v) is 4.69. The summed E-state index contributed by atoms with van der Waals surface area (Å²) in [7, 11) is 1.64. The predicted molar refractivity (Wildman–Crippen MR) is 64.0 cm³/mol. The highest BCUT2D eigenvalue weighted by molar-refractivity contribution is 9.10. The van der Waals surface area contributed by atoms with Gasteiger partial charge in [-0.3, -0.25) is 0 Å². The number of hydrogen-bond donors (Lipinski definition) is 1. The first-order valence-electron chi connectivity index (χ1n) is 5.24. The third-order valence-corrected chi connectivity index (χ3v) is 3.13. The highest BCUT2D eigenvalue weighted by atomic mass is 79.9. The van der Waals surface area contributed by atoms with Crippen LogP contribution in [0.15, 0.2) is 16.7 Å². The first-order chi connectivity index (χ1) is 8.22. The molecule has 0 unspecified atom stereocenters. The van der Waals surface area contributed by atoms with Crippen molar-refractivity contribution in [2.24, 2.45) is 0 Å². The Morgan fingerprint density at radius 2 is 2.35 bits per heavy atom. The molecule has 0 aromatic carbocycles. The average Bonchev–Trinajstić information content (AvgIpc) is 2.27. The maximum Gasteiger partial charge on any atom is 0.219 e. The van der Waals surface area contributed by atoms with Crippen LogP contribution in [0.2, 0.25) is 0 Å². The molecule has 0 radical (unpaired) electrons. The second-order valence-electron chi connectivity index (χ2n) is 3.77. The number of ether oxygens (including phenoxy) is 3. The summed E-state index contributed by atoms with van der Waals surface area (Å²) in [6.45, 7) is 1.13. The zero-order valence-corrected chi connectivity index (χ0v) is 11.1. The van der Waals surface area contributed by atoms with Gasteiger partial charge < -0.3 is 19.3 Å². The number of halogens is 1. The number of aliphatic hydroxyl groups is 1. The van der Waals surface area contributed by atoms with Gasteiger partial charge in [0.15, 0.2) is 0 Å². The lowest BCUT2D eigenvalue weighted by atomic mass is 9.92. The second kappa shape index (κ2) is 5.30. The van der Waals surface area contributed by atoms with E-state index in [0.717, 1.165) is 10.0 Å². The maximum atomic E-state index is 8.79. The summed E-state index contributed by atoms with van der Waals surface area (Å²) in [5.74, 6) is 0.479. The Bertz CT molecular complexity index is 390. The number of rotatable bonds is 5. The van der Waals surface area contributed by atoms with Crippen molar-refractivity contribution in [1.29, 1.82) is 0 Å². The molecule has 0 aliphatic carbocycles. The summed E-state index contributed by atoms with van der Waals surface area (Å²) in [6, 6.07) is 1.91. The predicted octanol–water partition coefficient (Wildman–Crippen LogP) is 1.09. The Morgan fingerprint density at radius 3 is 2.88 bits per heavy atom. The number of nitrogens with zero attached hydrogens (tertiary/aromatic N) is 1. The Labute approximate surface area is 108 Å². The Balaban J connectivity index is 2.32. The zero-order chi connectivity index (χ0) is 12.3. The van der Waals surface area contributed by atoms with Gasteiger partial charge in [-0.05, 0) is 22.0 Å². The minimum Gasteiger partial charge on any atom is -0.475 e. The lowest BCUT2D eigenvalue weighted by Crippen LogP contribution is -2.48. The summed E-state index contributed by atoms with van der Waals surface area (Å²) < 4.78 is 17.0. The van der Waals surface area contributed by atoms with Crippen LogP contribution in [0.5, 0.6) is 5.88 Å². The largest absolute Gasteiger partial charge is 0.475 e. The van der Waals surface area contributed by atoms with Crippen LogP contribution in [0.3, 0.4) is 0 Å². The zero-order valence-electron chi connectivity index (χ0n) is 9.48. The molecule has 2 rings (SSSR count). The first-order valence-corrected chi connectivity index (χ1v) is 6.04. The highest BCUT2D eigenvalue weighted by Gasteiger charge is 2.43. The summed E-state index contributed by atoms with van der Waals surface area (Å²) in [5.41, 5.74) is 0.357. The molecule has 1 aliphatic rings. The van der Waals surface area contributed by atoms with Crippen LogP contribution in [-0.4, -0.2) is 43.6 Å². The molecule has 0 amide bonds. The maximum absolute atomic E-state index is 8.79. The van der Waals surface area contributed by atoms with Gasteiger partial charge in [0.2, 0.25) is 5.88 Å².